The lowest BCUT2D eigenvalue weighted by atomic mass is 9.76. The van der Waals surface area contributed by atoms with E-state index >= 15 is 0 Å². The highest BCUT2D eigenvalue weighted by Gasteiger charge is 2.29. The molecule has 0 aromatic heterocycles. The molecule has 84 valence electrons. The van der Waals surface area contributed by atoms with Crippen molar-refractivity contribution in [3.8, 4) is 0 Å². The predicted molar refractivity (Wildman–Crippen MR) is 63.5 cm³/mol. The highest BCUT2D eigenvalue weighted by molar-refractivity contribution is 4.82. The minimum absolute atomic E-state index is 0.697. The highest BCUT2D eigenvalue weighted by atomic mass is 14.8. The summed E-state index contributed by atoms with van der Waals surface area (Å²) in [4.78, 5) is 0. The van der Waals surface area contributed by atoms with Crippen molar-refractivity contribution >= 4 is 0 Å². The summed E-state index contributed by atoms with van der Waals surface area (Å²) in [6.07, 6.45) is 10.1. The maximum Gasteiger partial charge on any atom is -0.00235 e. The summed E-state index contributed by atoms with van der Waals surface area (Å²) in [6.45, 7) is 5.98. The molecule has 0 aromatic carbocycles. The molecular formula is C13H27N. The van der Waals surface area contributed by atoms with Crippen LogP contribution in [0.25, 0.3) is 0 Å². The topological polar surface area (TPSA) is 12.0 Å². The van der Waals surface area contributed by atoms with Crippen LogP contribution in [0.4, 0.5) is 0 Å². The van der Waals surface area contributed by atoms with Crippen molar-refractivity contribution < 1.29 is 0 Å². The molecule has 0 heterocycles. The Morgan fingerprint density at radius 1 is 1.14 bits per heavy atom. The van der Waals surface area contributed by atoms with Crippen LogP contribution in [0.15, 0.2) is 0 Å². The van der Waals surface area contributed by atoms with Crippen molar-refractivity contribution in [1.82, 2.24) is 5.32 Å². The van der Waals surface area contributed by atoms with Crippen LogP contribution in [-0.4, -0.2) is 13.6 Å². The van der Waals surface area contributed by atoms with Gasteiger partial charge in [0, 0.05) is 0 Å². The molecule has 1 heteroatoms. The molecule has 1 aliphatic carbocycles. The van der Waals surface area contributed by atoms with E-state index in [9.17, 15) is 0 Å². The highest BCUT2D eigenvalue weighted by Crippen LogP contribution is 2.41. The number of hydrogen-bond donors (Lipinski definition) is 1. The van der Waals surface area contributed by atoms with Gasteiger partial charge in [0.1, 0.15) is 0 Å². The molecule has 1 fully saturated rings. The third-order valence-corrected chi connectivity index (χ3v) is 4.40. The first-order chi connectivity index (χ1) is 6.76. The molecule has 0 bridgehead atoms. The van der Waals surface area contributed by atoms with Gasteiger partial charge in [0.2, 0.25) is 0 Å². The van der Waals surface area contributed by atoms with Gasteiger partial charge in [0.15, 0.2) is 0 Å². The monoisotopic (exact) mass is 197 g/mol. The van der Waals surface area contributed by atoms with Crippen molar-refractivity contribution in [2.24, 2.45) is 11.3 Å². The average Bonchev–Trinajstić information content (AvgIpc) is 2.42. The van der Waals surface area contributed by atoms with Crippen molar-refractivity contribution in [2.45, 2.75) is 58.8 Å². The molecule has 1 atom stereocenters. The van der Waals surface area contributed by atoms with Crippen molar-refractivity contribution in [3.05, 3.63) is 0 Å². The Kier molecular flexibility index (Phi) is 4.94. The lowest BCUT2D eigenvalue weighted by Gasteiger charge is -2.30. The van der Waals surface area contributed by atoms with Gasteiger partial charge < -0.3 is 5.32 Å². The van der Waals surface area contributed by atoms with Gasteiger partial charge in [-0.15, -0.1) is 0 Å². The van der Waals surface area contributed by atoms with Gasteiger partial charge in [0.05, 0.1) is 0 Å². The lowest BCUT2D eigenvalue weighted by Crippen LogP contribution is -2.20. The fraction of sp³-hybridized carbons (Fsp3) is 1.00. The summed E-state index contributed by atoms with van der Waals surface area (Å²) in [5.74, 6) is 0.944. The van der Waals surface area contributed by atoms with Crippen LogP contribution in [0.5, 0.6) is 0 Å². The molecule has 1 rings (SSSR count). The summed E-state index contributed by atoms with van der Waals surface area (Å²) in [5, 5.41) is 3.33. The standard InChI is InChI=1S/C13H27N/c1-4-13(5-2)9-6-7-12(8-10-13)11-14-3/h12,14H,4-11H2,1-3H3. The molecule has 1 aliphatic rings. The molecule has 0 aromatic rings. The van der Waals surface area contributed by atoms with Gasteiger partial charge in [-0.25, -0.2) is 0 Å². The van der Waals surface area contributed by atoms with Crippen molar-refractivity contribution in [1.29, 1.82) is 0 Å². The molecule has 1 unspecified atom stereocenters. The quantitative estimate of drug-likeness (QED) is 0.679. The Labute approximate surface area is 89.7 Å². The second kappa shape index (κ2) is 5.75. The molecule has 0 saturated heterocycles. The third kappa shape index (κ3) is 2.98. The fourth-order valence-electron chi connectivity index (χ4n) is 3.00. The van der Waals surface area contributed by atoms with Crippen molar-refractivity contribution in [3.63, 3.8) is 0 Å². The van der Waals surface area contributed by atoms with Crippen LogP contribution in [-0.2, 0) is 0 Å². The first-order valence-corrected chi connectivity index (χ1v) is 6.41. The molecule has 1 nitrogen and oxygen atoms in total. The van der Waals surface area contributed by atoms with Gasteiger partial charge in [-0.05, 0) is 50.6 Å². The normalized spacial score (nSPS) is 27.2. The molecule has 0 aliphatic heterocycles. The van der Waals surface area contributed by atoms with Gasteiger partial charge in [0.25, 0.3) is 0 Å². The summed E-state index contributed by atoms with van der Waals surface area (Å²) < 4.78 is 0. The zero-order valence-electron chi connectivity index (χ0n) is 10.2. The Bertz CT molecular complexity index is 149. The minimum atomic E-state index is 0.697. The zero-order valence-corrected chi connectivity index (χ0v) is 10.2. The SMILES string of the molecule is CCC1(CC)CCCC(CNC)CC1. The Morgan fingerprint density at radius 3 is 2.43 bits per heavy atom. The van der Waals surface area contributed by atoms with Crippen LogP contribution in [0.2, 0.25) is 0 Å². The molecule has 0 amide bonds. The zero-order chi connectivity index (χ0) is 10.4. The Morgan fingerprint density at radius 2 is 1.86 bits per heavy atom. The van der Waals surface area contributed by atoms with Gasteiger partial charge in [-0.2, -0.15) is 0 Å². The molecule has 1 N–H and O–H groups in total. The number of rotatable bonds is 4. The van der Waals surface area contributed by atoms with Gasteiger partial charge in [-0.1, -0.05) is 33.1 Å². The summed E-state index contributed by atoms with van der Waals surface area (Å²) >= 11 is 0. The van der Waals surface area contributed by atoms with E-state index in [0.29, 0.717) is 5.41 Å². The van der Waals surface area contributed by atoms with E-state index in [1.165, 1.54) is 51.5 Å². The van der Waals surface area contributed by atoms with Crippen LogP contribution in [0.3, 0.4) is 0 Å². The molecular weight excluding hydrogens is 170 g/mol. The van der Waals surface area contributed by atoms with E-state index in [0.717, 1.165) is 5.92 Å². The molecule has 0 radical (unpaired) electrons. The van der Waals surface area contributed by atoms with Crippen LogP contribution in [0.1, 0.15) is 58.8 Å². The van der Waals surface area contributed by atoms with E-state index in [-0.39, 0.29) is 0 Å². The fourth-order valence-corrected chi connectivity index (χ4v) is 3.00. The van der Waals surface area contributed by atoms with E-state index in [1.807, 2.05) is 0 Å². The van der Waals surface area contributed by atoms with E-state index in [4.69, 9.17) is 0 Å². The molecule has 1 saturated carbocycles. The van der Waals surface area contributed by atoms with Gasteiger partial charge in [-0.3, -0.25) is 0 Å². The first-order valence-electron chi connectivity index (χ1n) is 6.41. The second-order valence-electron chi connectivity index (χ2n) is 5.06. The summed E-state index contributed by atoms with van der Waals surface area (Å²) in [5.41, 5.74) is 0.697. The van der Waals surface area contributed by atoms with E-state index in [1.54, 1.807) is 0 Å². The van der Waals surface area contributed by atoms with Crippen LogP contribution >= 0.6 is 0 Å². The summed E-state index contributed by atoms with van der Waals surface area (Å²) in [7, 11) is 2.08. The average molecular weight is 197 g/mol. The lowest BCUT2D eigenvalue weighted by molar-refractivity contribution is 0.219. The van der Waals surface area contributed by atoms with Crippen LogP contribution < -0.4 is 5.32 Å². The minimum Gasteiger partial charge on any atom is -0.319 e. The first kappa shape index (κ1) is 12.0. The predicted octanol–water partition coefficient (Wildman–Crippen LogP) is 3.59. The van der Waals surface area contributed by atoms with E-state index < -0.39 is 0 Å². The summed E-state index contributed by atoms with van der Waals surface area (Å²) in [6, 6.07) is 0. The molecule has 14 heavy (non-hydrogen) atoms. The van der Waals surface area contributed by atoms with Gasteiger partial charge >= 0.3 is 0 Å². The van der Waals surface area contributed by atoms with Crippen LogP contribution in [0, 0.1) is 11.3 Å². The maximum atomic E-state index is 3.33. The Hall–Kier alpha value is -0.0400. The maximum absolute atomic E-state index is 3.33. The van der Waals surface area contributed by atoms with E-state index in [2.05, 4.69) is 26.2 Å². The third-order valence-electron chi connectivity index (χ3n) is 4.40. The second-order valence-corrected chi connectivity index (χ2v) is 5.06. The van der Waals surface area contributed by atoms with Crippen molar-refractivity contribution in [2.75, 3.05) is 13.6 Å². The number of hydrogen-bond acceptors (Lipinski definition) is 1. The molecule has 0 spiro atoms. The smallest absolute Gasteiger partial charge is 0.00235 e. The Balaban J connectivity index is 2.46. The number of nitrogens with one attached hydrogen (secondary N) is 1. The largest absolute Gasteiger partial charge is 0.319 e.